The van der Waals surface area contributed by atoms with E-state index in [-0.39, 0.29) is 17.4 Å². The van der Waals surface area contributed by atoms with Crippen molar-refractivity contribution in [3.05, 3.63) is 65.2 Å². The molecular weight excluding hydrogens is 382 g/mol. The molecule has 8 heteroatoms. The zero-order valence-corrected chi connectivity index (χ0v) is 16.4. The third-order valence-electron chi connectivity index (χ3n) is 3.66. The molecule has 27 heavy (non-hydrogen) atoms. The summed E-state index contributed by atoms with van der Waals surface area (Å²) in [6.07, 6.45) is 0. The second kappa shape index (κ2) is 8.79. The standard InChI is InChI=1S/C19H17N3O3S2/c1-12-6-8-13(9-7-12)16(23)11-26-19-22-21-18(27-19)20-17(24)14-4-3-5-15(10-14)25-2/h3-10H,11H2,1-2H3,(H,20,21,24). The van der Waals surface area contributed by atoms with Crippen molar-refractivity contribution in [1.29, 1.82) is 0 Å². The summed E-state index contributed by atoms with van der Waals surface area (Å²) in [4.78, 5) is 24.5. The van der Waals surface area contributed by atoms with Crippen LogP contribution in [-0.2, 0) is 0 Å². The van der Waals surface area contributed by atoms with Crippen LogP contribution < -0.4 is 10.1 Å². The van der Waals surface area contributed by atoms with Crippen molar-refractivity contribution in [2.24, 2.45) is 0 Å². The predicted octanol–water partition coefficient (Wildman–Crippen LogP) is 4.08. The van der Waals surface area contributed by atoms with Crippen LogP contribution in [0.2, 0.25) is 0 Å². The van der Waals surface area contributed by atoms with Crippen LogP contribution in [0.1, 0.15) is 26.3 Å². The van der Waals surface area contributed by atoms with Crippen LogP contribution in [0.5, 0.6) is 5.75 Å². The van der Waals surface area contributed by atoms with E-state index < -0.39 is 0 Å². The minimum absolute atomic E-state index is 0.0252. The van der Waals surface area contributed by atoms with Crippen LogP contribution in [0, 0.1) is 6.92 Å². The lowest BCUT2D eigenvalue weighted by Gasteiger charge is -2.03. The summed E-state index contributed by atoms with van der Waals surface area (Å²) >= 11 is 2.53. The number of anilines is 1. The number of thioether (sulfide) groups is 1. The molecule has 0 aliphatic rings. The Labute approximate surface area is 165 Å². The van der Waals surface area contributed by atoms with Crippen LogP contribution in [0.3, 0.4) is 0 Å². The minimum Gasteiger partial charge on any atom is -0.497 e. The summed E-state index contributed by atoms with van der Waals surface area (Å²) in [7, 11) is 1.54. The largest absolute Gasteiger partial charge is 0.497 e. The third kappa shape index (κ3) is 5.15. The molecule has 3 aromatic rings. The van der Waals surface area contributed by atoms with Crippen molar-refractivity contribution in [3.63, 3.8) is 0 Å². The first-order valence-electron chi connectivity index (χ1n) is 8.07. The predicted molar refractivity (Wildman–Crippen MR) is 107 cm³/mol. The Morgan fingerprint density at radius 3 is 2.63 bits per heavy atom. The normalized spacial score (nSPS) is 10.4. The molecule has 0 bridgehead atoms. The van der Waals surface area contributed by atoms with Gasteiger partial charge in [0.15, 0.2) is 10.1 Å². The molecule has 1 N–H and O–H groups in total. The number of aromatic nitrogens is 2. The van der Waals surface area contributed by atoms with Crippen molar-refractivity contribution in [3.8, 4) is 5.75 Å². The molecule has 0 unspecified atom stereocenters. The molecule has 0 spiro atoms. The first-order valence-corrected chi connectivity index (χ1v) is 9.87. The number of nitrogens with zero attached hydrogens (tertiary/aromatic N) is 2. The summed E-state index contributed by atoms with van der Waals surface area (Å²) in [5.74, 6) is 0.599. The van der Waals surface area contributed by atoms with Gasteiger partial charge >= 0.3 is 0 Å². The molecule has 0 aliphatic carbocycles. The van der Waals surface area contributed by atoms with Gasteiger partial charge in [-0.1, -0.05) is 59.0 Å². The van der Waals surface area contributed by atoms with E-state index in [0.717, 1.165) is 5.56 Å². The zero-order valence-electron chi connectivity index (χ0n) is 14.8. The summed E-state index contributed by atoms with van der Waals surface area (Å²) in [5, 5.41) is 11.1. The van der Waals surface area contributed by atoms with Gasteiger partial charge in [0.1, 0.15) is 5.75 Å². The van der Waals surface area contributed by atoms with Crippen LogP contribution in [0.15, 0.2) is 52.9 Å². The lowest BCUT2D eigenvalue weighted by atomic mass is 10.1. The molecular formula is C19H17N3O3S2. The Bertz CT molecular complexity index is 955. The molecule has 0 saturated heterocycles. The molecule has 1 aromatic heterocycles. The second-order valence-electron chi connectivity index (χ2n) is 5.64. The Balaban J connectivity index is 1.57. The molecule has 1 amide bonds. The van der Waals surface area contributed by atoms with Gasteiger partial charge in [-0.15, -0.1) is 10.2 Å². The van der Waals surface area contributed by atoms with Crippen molar-refractivity contribution >= 4 is 39.9 Å². The summed E-state index contributed by atoms with van der Waals surface area (Å²) in [6, 6.07) is 14.3. The molecule has 1 heterocycles. The number of hydrogen-bond donors (Lipinski definition) is 1. The maximum Gasteiger partial charge on any atom is 0.257 e. The Morgan fingerprint density at radius 1 is 1.11 bits per heavy atom. The maximum absolute atomic E-state index is 12.3. The molecule has 0 atom stereocenters. The van der Waals surface area contributed by atoms with Crippen LogP contribution in [0.4, 0.5) is 5.13 Å². The van der Waals surface area contributed by atoms with Crippen LogP contribution in [0.25, 0.3) is 0 Å². The number of carbonyl (C=O) groups excluding carboxylic acids is 2. The van der Waals surface area contributed by atoms with Gasteiger partial charge in [-0.2, -0.15) is 0 Å². The lowest BCUT2D eigenvalue weighted by molar-refractivity contribution is 0.101. The van der Waals surface area contributed by atoms with E-state index in [0.29, 0.717) is 26.3 Å². The van der Waals surface area contributed by atoms with Gasteiger partial charge in [-0.3, -0.25) is 14.9 Å². The van der Waals surface area contributed by atoms with Gasteiger partial charge in [-0.25, -0.2) is 0 Å². The highest BCUT2D eigenvalue weighted by atomic mass is 32.2. The number of methoxy groups -OCH3 is 1. The summed E-state index contributed by atoms with van der Waals surface area (Å²) in [5.41, 5.74) is 2.25. The highest BCUT2D eigenvalue weighted by Gasteiger charge is 2.13. The van der Waals surface area contributed by atoms with Gasteiger partial charge in [0.05, 0.1) is 12.9 Å². The third-order valence-corrected chi connectivity index (χ3v) is 5.63. The van der Waals surface area contributed by atoms with E-state index >= 15 is 0 Å². The lowest BCUT2D eigenvalue weighted by Crippen LogP contribution is -2.11. The van der Waals surface area contributed by atoms with Gasteiger partial charge in [0.25, 0.3) is 5.91 Å². The SMILES string of the molecule is COc1cccc(C(=O)Nc2nnc(SCC(=O)c3ccc(C)cc3)s2)c1. The number of ketones is 1. The van der Waals surface area contributed by atoms with Crippen LogP contribution in [-0.4, -0.2) is 34.8 Å². The number of ether oxygens (including phenoxy) is 1. The van der Waals surface area contributed by atoms with E-state index in [1.165, 1.54) is 23.1 Å². The van der Waals surface area contributed by atoms with Gasteiger partial charge < -0.3 is 4.74 Å². The molecule has 0 aliphatic heterocycles. The first-order chi connectivity index (χ1) is 13.0. The fourth-order valence-electron chi connectivity index (χ4n) is 2.20. The number of Topliss-reactive ketones (excluding diaryl/α,β-unsaturated/α-hetero) is 1. The summed E-state index contributed by atoms with van der Waals surface area (Å²) in [6.45, 7) is 1.98. The van der Waals surface area contributed by atoms with Crippen molar-refractivity contribution < 1.29 is 14.3 Å². The smallest absolute Gasteiger partial charge is 0.257 e. The van der Waals surface area contributed by atoms with Gasteiger partial charge in [0.2, 0.25) is 5.13 Å². The van der Waals surface area contributed by atoms with Gasteiger partial charge in [0, 0.05) is 11.1 Å². The Morgan fingerprint density at radius 2 is 1.89 bits per heavy atom. The number of benzene rings is 2. The van der Waals surface area contributed by atoms with Gasteiger partial charge in [-0.05, 0) is 25.1 Å². The van der Waals surface area contributed by atoms with Crippen molar-refractivity contribution in [2.45, 2.75) is 11.3 Å². The molecule has 2 aromatic carbocycles. The number of hydrogen-bond acceptors (Lipinski definition) is 7. The quantitative estimate of drug-likeness (QED) is 0.366. The maximum atomic E-state index is 12.3. The second-order valence-corrected chi connectivity index (χ2v) is 7.84. The molecule has 3 rings (SSSR count). The molecule has 6 nitrogen and oxygen atoms in total. The highest BCUT2D eigenvalue weighted by molar-refractivity contribution is 8.01. The number of aryl methyl sites for hydroxylation is 1. The monoisotopic (exact) mass is 399 g/mol. The number of rotatable bonds is 7. The van der Waals surface area contributed by atoms with Crippen molar-refractivity contribution in [2.75, 3.05) is 18.2 Å². The minimum atomic E-state index is -0.294. The number of carbonyl (C=O) groups is 2. The molecule has 0 saturated carbocycles. The topological polar surface area (TPSA) is 81.2 Å². The first kappa shape index (κ1) is 19.1. The van der Waals surface area contributed by atoms with E-state index in [9.17, 15) is 9.59 Å². The Kier molecular flexibility index (Phi) is 6.20. The Hall–Kier alpha value is -2.71. The van der Waals surface area contributed by atoms with Crippen molar-refractivity contribution in [1.82, 2.24) is 10.2 Å². The average molecular weight is 399 g/mol. The van der Waals surface area contributed by atoms with E-state index in [1.807, 2.05) is 31.2 Å². The zero-order chi connectivity index (χ0) is 19.2. The number of amides is 1. The fraction of sp³-hybridized carbons (Fsp3) is 0.158. The average Bonchev–Trinajstić information content (AvgIpc) is 3.14. The molecule has 0 radical (unpaired) electrons. The highest BCUT2D eigenvalue weighted by Crippen LogP contribution is 2.26. The van der Waals surface area contributed by atoms with E-state index in [2.05, 4.69) is 15.5 Å². The van der Waals surface area contributed by atoms with E-state index in [4.69, 9.17) is 4.74 Å². The summed E-state index contributed by atoms with van der Waals surface area (Å²) < 4.78 is 5.74. The molecule has 0 fully saturated rings. The number of nitrogens with one attached hydrogen (secondary N) is 1. The molecule has 138 valence electrons. The van der Waals surface area contributed by atoms with Crippen LogP contribution >= 0.6 is 23.1 Å². The van der Waals surface area contributed by atoms with E-state index in [1.54, 1.807) is 31.4 Å². The fourth-order valence-corrected chi connectivity index (χ4v) is 3.84.